The highest BCUT2D eigenvalue weighted by Crippen LogP contribution is 2.44. The molecule has 0 aromatic heterocycles. The van der Waals surface area contributed by atoms with E-state index in [4.69, 9.17) is 0 Å². The van der Waals surface area contributed by atoms with Gasteiger partial charge in [-0.2, -0.15) is 0 Å². The zero-order valence-electron chi connectivity index (χ0n) is 9.19. The molecule has 0 aromatic carbocycles. The first kappa shape index (κ1) is 9.41. The van der Waals surface area contributed by atoms with Gasteiger partial charge in [-0.25, -0.2) is 0 Å². The standard InChI is InChI=1S/C16H14/c1-11-5-3-7-13-9-10-14-8-4-6-12(2)16(14)15(11)13/h3-10,15-16H,1-2H2. The van der Waals surface area contributed by atoms with Crippen molar-refractivity contribution in [3.8, 4) is 0 Å². The monoisotopic (exact) mass is 206 g/mol. The largest absolute Gasteiger partial charge is 0.0952 e. The molecular weight excluding hydrogens is 192 g/mol. The predicted molar refractivity (Wildman–Crippen MR) is 68.8 cm³/mol. The van der Waals surface area contributed by atoms with Gasteiger partial charge in [-0.05, 0) is 22.3 Å². The Morgan fingerprint density at radius 3 is 1.56 bits per heavy atom. The van der Waals surface area contributed by atoms with Crippen molar-refractivity contribution in [1.82, 2.24) is 0 Å². The summed E-state index contributed by atoms with van der Waals surface area (Å²) in [5.41, 5.74) is 5.08. The summed E-state index contributed by atoms with van der Waals surface area (Å²) in [4.78, 5) is 0. The van der Waals surface area contributed by atoms with E-state index in [-0.39, 0.29) is 0 Å². The molecule has 0 aromatic rings. The first-order valence-corrected chi connectivity index (χ1v) is 5.59. The van der Waals surface area contributed by atoms with Crippen LogP contribution in [0.5, 0.6) is 0 Å². The Morgan fingerprint density at radius 1 is 0.688 bits per heavy atom. The van der Waals surface area contributed by atoms with Gasteiger partial charge in [0.05, 0.1) is 0 Å². The molecule has 0 saturated carbocycles. The van der Waals surface area contributed by atoms with Gasteiger partial charge >= 0.3 is 0 Å². The van der Waals surface area contributed by atoms with E-state index in [1.807, 2.05) is 0 Å². The molecule has 0 amide bonds. The second kappa shape index (κ2) is 3.34. The average molecular weight is 206 g/mol. The van der Waals surface area contributed by atoms with Crippen LogP contribution < -0.4 is 0 Å². The molecule has 3 aliphatic carbocycles. The topological polar surface area (TPSA) is 0 Å². The molecule has 3 aliphatic rings. The first-order valence-electron chi connectivity index (χ1n) is 5.59. The van der Waals surface area contributed by atoms with Gasteiger partial charge in [0.15, 0.2) is 0 Å². The predicted octanol–water partition coefficient (Wildman–Crippen LogP) is 3.89. The summed E-state index contributed by atoms with van der Waals surface area (Å²) in [6.45, 7) is 8.34. The first-order chi connectivity index (χ1) is 7.77. The van der Waals surface area contributed by atoms with Crippen molar-refractivity contribution in [3.63, 3.8) is 0 Å². The third-order valence-corrected chi connectivity index (χ3v) is 3.52. The molecule has 0 spiro atoms. The van der Waals surface area contributed by atoms with Crippen LogP contribution in [0, 0.1) is 11.8 Å². The van der Waals surface area contributed by atoms with E-state index >= 15 is 0 Å². The van der Waals surface area contributed by atoms with Crippen molar-refractivity contribution in [3.05, 3.63) is 84.1 Å². The maximum Gasteiger partial charge on any atom is 0.0193 e. The minimum Gasteiger partial charge on any atom is -0.0952 e. The second-order valence-electron chi connectivity index (χ2n) is 4.49. The molecule has 78 valence electrons. The maximum absolute atomic E-state index is 4.17. The van der Waals surface area contributed by atoms with Crippen molar-refractivity contribution >= 4 is 0 Å². The van der Waals surface area contributed by atoms with Gasteiger partial charge < -0.3 is 0 Å². The van der Waals surface area contributed by atoms with E-state index in [0.29, 0.717) is 11.8 Å². The fraction of sp³-hybridized carbons (Fsp3) is 0.125. The minimum absolute atomic E-state index is 0.388. The highest BCUT2D eigenvalue weighted by molar-refractivity contribution is 5.55. The molecule has 0 nitrogen and oxygen atoms in total. The van der Waals surface area contributed by atoms with Crippen LogP contribution in [0.4, 0.5) is 0 Å². The van der Waals surface area contributed by atoms with Gasteiger partial charge in [-0.3, -0.25) is 0 Å². The van der Waals surface area contributed by atoms with Crippen LogP contribution in [0.25, 0.3) is 0 Å². The van der Waals surface area contributed by atoms with Crippen LogP contribution in [0.1, 0.15) is 0 Å². The lowest BCUT2D eigenvalue weighted by atomic mass is 9.67. The summed E-state index contributed by atoms with van der Waals surface area (Å²) >= 11 is 0. The highest BCUT2D eigenvalue weighted by Gasteiger charge is 2.33. The van der Waals surface area contributed by atoms with Crippen molar-refractivity contribution < 1.29 is 0 Å². The third-order valence-electron chi connectivity index (χ3n) is 3.52. The molecule has 2 unspecified atom stereocenters. The zero-order chi connectivity index (χ0) is 11.1. The van der Waals surface area contributed by atoms with Crippen LogP contribution in [0.2, 0.25) is 0 Å². The number of rotatable bonds is 0. The molecule has 0 saturated heterocycles. The highest BCUT2D eigenvalue weighted by atomic mass is 14.4. The normalized spacial score (nSPS) is 30.8. The van der Waals surface area contributed by atoms with E-state index < -0.39 is 0 Å². The SMILES string of the molecule is C=C1C=CC=C2C=CC3=CC=CC(=C)C3C12. The lowest BCUT2D eigenvalue weighted by molar-refractivity contribution is 0.575. The van der Waals surface area contributed by atoms with E-state index in [9.17, 15) is 0 Å². The smallest absolute Gasteiger partial charge is 0.0193 e. The van der Waals surface area contributed by atoms with Crippen LogP contribution >= 0.6 is 0 Å². The van der Waals surface area contributed by atoms with E-state index in [0.717, 1.165) is 0 Å². The Balaban J connectivity index is 2.15. The minimum atomic E-state index is 0.388. The van der Waals surface area contributed by atoms with Crippen molar-refractivity contribution in [2.24, 2.45) is 11.8 Å². The van der Waals surface area contributed by atoms with Crippen LogP contribution in [-0.4, -0.2) is 0 Å². The molecule has 0 N–H and O–H groups in total. The third kappa shape index (κ3) is 1.23. The van der Waals surface area contributed by atoms with Crippen molar-refractivity contribution in [2.75, 3.05) is 0 Å². The molecule has 3 rings (SSSR count). The van der Waals surface area contributed by atoms with Crippen LogP contribution in [0.3, 0.4) is 0 Å². The summed E-state index contributed by atoms with van der Waals surface area (Å²) in [5, 5.41) is 0. The Morgan fingerprint density at radius 2 is 1.12 bits per heavy atom. The number of hydrogen-bond donors (Lipinski definition) is 0. The molecule has 0 heteroatoms. The molecule has 0 radical (unpaired) electrons. The number of fused-ring (bicyclic) bond motifs is 3. The van der Waals surface area contributed by atoms with Gasteiger partial charge in [0, 0.05) is 11.8 Å². The van der Waals surface area contributed by atoms with Gasteiger partial charge in [0.1, 0.15) is 0 Å². The van der Waals surface area contributed by atoms with Crippen LogP contribution in [0.15, 0.2) is 84.1 Å². The lowest BCUT2D eigenvalue weighted by Crippen LogP contribution is -2.25. The van der Waals surface area contributed by atoms with Gasteiger partial charge in [-0.15, -0.1) is 0 Å². The van der Waals surface area contributed by atoms with Gasteiger partial charge in [0.2, 0.25) is 0 Å². The van der Waals surface area contributed by atoms with Crippen molar-refractivity contribution in [1.29, 1.82) is 0 Å². The number of allylic oxidation sites excluding steroid dienone is 12. The average Bonchev–Trinajstić information content (AvgIpc) is 2.29. The fourth-order valence-corrected chi connectivity index (χ4v) is 2.73. The molecule has 0 bridgehead atoms. The summed E-state index contributed by atoms with van der Waals surface area (Å²) in [5.74, 6) is 0.775. The summed E-state index contributed by atoms with van der Waals surface area (Å²) < 4.78 is 0. The van der Waals surface area contributed by atoms with Crippen molar-refractivity contribution in [2.45, 2.75) is 0 Å². The summed E-state index contributed by atoms with van der Waals surface area (Å²) in [6.07, 6.45) is 17.1. The molecule has 0 heterocycles. The molecule has 16 heavy (non-hydrogen) atoms. The van der Waals surface area contributed by atoms with E-state index in [1.165, 1.54) is 22.3 Å². The Labute approximate surface area is 96.4 Å². The molecule has 2 atom stereocenters. The number of hydrogen-bond acceptors (Lipinski definition) is 0. The molecular formula is C16H14. The zero-order valence-corrected chi connectivity index (χ0v) is 9.19. The van der Waals surface area contributed by atoms with Crippen LogP contribution in [-0.2, 0) is 0 Å². The maximum atomic E-state index is 4.17. The Kier molecular flexibility index (Phi) is 1.97. The van der Waals surface area contributed by atoms with Gasteiger partial charge in [-0.1, -0.05) is 61.8 Å². The lowest BCUT2D eigenvalue weighted by Gasteiger charge is -2.36. The molecule has 0 fully saturated rings. The van der Waals surface area contributed by atoms with Gasteiger partial charge in [0.25, 0.3) is 0 Å². The van der Waals surface area contributed by atoms with E-state index in [1.54, 1.807) is 0 Å². The molecule has 0 aliphatic heterocycles. The Bertz CT molecular complexity index is 470. The van der Waals surface area contributed by atoms with E-state index in [2.05, 4.69) is 61.8 Å². The second-order valence-corrected chi connectivity index (χ2v) is 4.49. The summed E-state index contributed by atoms with van der Waals surface area (Å²) in [6, 6.07) is 0. The Hall–Kier alpha value is -1.82. The fourth-order valence-electron chi connectivity index (χ4n) is 2.73. The summed E-state index contributed by atoms with van der Waals surface area (Å²) in [7, 11) is 0. The quantitative estimate of drug-likeness (QED) is 0.564.